The van der Waals surface area contributed by atoms with Crippen molar-refractivity contribution in [3.63, 3.8) is 0 Å². The molecule has 94 valence electrons. The lowest BCUT2D eigenvalue weighted by atomic mass is 10.1. The predicted octanol–water partition coefficient (Wildman–Crippen LogP) is 1.97. The van der Waals surface area contributed by atoms with Crippen molar-refractivity contribution in [3.05, 3.63) is 46.3 Å². The number of hydrogen-bond acceptors (Lipinski definition) is 4. The van der Waals surface area contributed by atoms with Crippen LogP contribution in [0.4, 0.5) is 5.69 Å². The Morgan fingerprint density at radius 2 is 2.16 bits per heavy atom. The van der Waals surface area contributed by atoms with E-state index in [4.69, 9.17) is 5.11 Å². The number of nitrogens with zero attached hydrogens (tertiary/aromatic N) is 2. The van der Waals surface area contributed by atoms with Crippen LogP contribution in [0.25, 0.3) is 10.8 Å². The number of carboxylic acids is 1. The Balaban J connectivity index is 2.58. The third kappa shape index (κ3) is 2.66. The fraction of sp³-hybridized carbons (Fsp3) is 0.0769. The lowest BCUT2D eigenvalue weighted by Crippen LogP contribution is -1.92. The molecule has 6 nitrogen and oxygen atoms in total. The summed E-state index contributed by atoms with van der Waals surface area (Å²) in [6.45, 7) is 0. The second-order valence-corrected chi connectivity index (χ2v) is 3.68. The van der Waals surface area contributed by atoms with Gasteiger partial charge in [0.05, 0.1) is 10.3 Å². The van der Waals surface area contributed by atoms with Gasteiger partial charge < -0.3 is 5.11 Å². The van der Waals surface area contributed by atoms with Gasteiger partial charge in [-0.1, -0.05) is 11.8 Å². The first-order valence-electron chi connectivity index (χ1n) is 5.31. The van der Waals surface area contributed by atoms with E-state index in [-0.39, 0.29) is 12.1 Å². The smallest absolute Gasteiger partial charge is 0.315 e. The Morgan fingerprint density at radius 1 is 1.37 bits per heavy atom. The molecule has 0 aliphatic heterocycles. The summed E-state index contributed by atoms with van der Waals surface area (Å²) in [6, 6.07) is 4.47. The van der Waals surface area contributed by atoms with Crippen LogP contribution in [0.15, 0.2) is 30.6 Å². The second-order valence-electron chi connectivity index (χ2n) is 3.68. The van der Waals surface area contributed by atoms with Crippen molar-refractivity contribution in [1.29, 1.82) is 0 Å². The summed E-state index contributed by atoms with van der Waals surface area (Å²) in [4.78, 5) is 24.7. The Kier molecular flexibility index (Phi) is 3.39. The summed E-state index contributed by atoms with van der Waals surface area (Å²) in [5, 5.41) is 20.4. The number of benzene rings is 1. The van der Waals surface area contributed by atoms with Crippen LogP contribution < -0.4 is 0 Å². The van der Waals surface area contributed by atoms with Gasteiger partial charge in [0.2, 0.25) is 0 Å². The highest BCUT2D eigenvalue weighted by Gasteiger charge is 2.13. The highest BCUT2D eigenvalue weighted by molar-refractivity contribution is 5.94. The third-order valence-electron chi connectivity index (χ3n) is 2.45. The lowest BCUT2D eigenvalue weighted by Gasteiger charge is -2.01. The molecule has 0 amide bonds. The summed E-state index contributed by atoms with van der Waals surface area (Å²) in [5.41, 5.74) is 0.496. The number of aliphatic carboxylic acids is 1. The molecule has 1 N–H and O–H groups in total. The van der Waals surface area contributed by atoms with Gasteiger partial charge in [0.15, 0.2) is 0 Å². The van der Waals surface area contributed by atoms with Crippen molar-refractivity contribution in [2.75, 3.05) is 0 Å². The standard InChI is InChI=1S/C13H8N2O4/c16-13(17)3-1-2-9-4-5-12(15(18)19)11-8-14-7-6-10(9)11/h4-8H,3H2,(H,16,17). The van der Waals surface area contributed by atoms with Gasteiger partial charge in [0.1, 0.15) is 6.42 Å². The Bertz CT molecular complexity index is 728. The molecule has 1 aromatic heterocycles. The first-order chi connectivity index (χ1) is 9.09. The van der Waals surface area contributed by atoms with Gasteiger partial charge >= 0.3 is 5.97 Å². The van der Waals surface area contributed by atoms with Crippen molar-refractivity contribution >= 4 is 22.4 Å². The Morgan fingerprint density at radius 3 is 2.84 bits per heavy atom. The van der Waals surface area contributed by atoms with Crippen LogP contribution in [-0.2, 0) is 4.79 Å². The van der Waals surface area contributed by atoms with E-state index in [0.717, 1.165) is 0 Å². The van der Waals surface area contributed by atoms with E-state index in [9.17, 15) is 14.9 Å². The number of non-ortho nitro benzene ring substituents is 1. The van der Waals surface area contributed by atoms with Gasteiger partial charge in [-0.15, -0.1) is 0 Å². The van der Waals surface area contributed by atoms with Crippen molar-refractivity contribution in [2.45, 2.75) is 6.42 Å². The number of nitro benzene ring substituents is 1. The molecule has 0 saturated carbocycles. The van der Waals surface area contributed by atoms with Crippen LogP contribution in [0.5, 0.6) is 0 Å². The van der Waals surface area contributed by atoms with Crippen molar-refractivity contribution in [3.8, 4) is 11.8 Å². The zero-order chi connectivity index (χ0) is 13.8. The number of aromatic nitrogens is 1. The molecule has 1 heterocycles. The minimum absolute atomic E-state index is 0.0492. The Labute approximate surface area is 107 Å². The largest absolute Gasteiger partial charge is 0.481 e. The maximum absolute atomic E-state index is 10.9. The molecule has 0 unspecified atom stereocenters. The molecule has 0 bridgehead atoms. The average Bonchev–Trinajstić information content (AvgIpc) is 2.38. The van der Waals surface area contributed by atoms with Crippen molar-refractivity contribution in [1.82, 2.24) is 4.98 Å². The SMILES string of the molecule is O=C(O)CC#Cc1ccc([N+](=O)[O-])c2cnccc12. The quantitative estimate of drug-likeness (QED) is 0.503. The molecule has 2 aromatic rings. The molecular weight excluding hydrogens is 248 g/mol. The molecular formula is C13H8N2O4. The average molecular weight is 256 g/mol. The molecule has 0 fully saturated rings. The molecule has 0 saturated heterocycles. The fourth-order valence-corrected chi connectivity index (χ4v) is 1.66. The van der Waals surface area contributed by atoms with Crippen LogP contribution in [-0.4, -0.2) is 21.0 Å². The summed E-state index contributed by atoms with van der Waals surface area (Å²) in [6.07, 6.45) is 2.63. The second kappa shape index (κ2) is 5.14. The van der Waals surface area contributed by atoms with E-state index in [0.29, 0.717) is 16.3 Å². The van der Waals surface area contributed by atoms with Gasteiger partial charge in [-0.25, -0.2) is 0 Å². The molecule has 2 rings (SSSR count). The van der Waals surface area contributed by atoms with E-state index in [2.05, 4.69) is 16.8 Å². The van der Waals surface area contributed by atoms with E-state index < -0.39 is 10.9 Å². The highest BCUT2D eigenvalue weighted by Crippen LogP contribution is 2.26. The molecule has 0 atom stereocenters. The van der Waals surface area contributed by atoms with E-state index in [1.54, 1.807) is 6.07 Å². The number of rotatable bonds is 2. The molecule has 6 heteroatoms. The number of pyridine rings is 1. The fourth-order valence-electron chi connectivity index (χ4n) is 1.66. The zero-order valence-corrected chi connectivity index (χ0v) is 9.66. The normalized spacial score (nSPS) is 9.68. The van der Waals surface area contributed by atoms with Crippen molar-refractivity contribution < 1.29 is 14.8 Å². The number of fused-ring (bicyclic) bond motifs is 1. The number of hydrogen-bond donors (Lipinski definition) is 1. The maximum Gasteiger partial charge on any atom is 0.315 e. The molecule has 0 aliphatic carbocycles. The van der Waals surface area contributed by atoms with Crippen LogP contribution >= 0.6 is 0 Å². The topological polar surface area (TPSA) is 93.3 Å². The van der Waals surface area contributed by atoms with Gasteiger partial charge in [-0.05, 0) is 12.1 Å². The third-order valence-corrected chi connectivity index (χ3v) is 2.45. The van der Waals surface area contributed by atoms with E-state index in [1.165, 1.54) is 24.5 Å². The maximum atomic E-state index is 10.9. The van der Waals surface area contributed by atoms with Crippen LogP contribution in [0.2, 0.25) is 0 Å². The first-order valence-corrected chi connectivity index (χ1v) is 5.31. The minimum atomic E-state index is -1.01. The first kappa shape index (κ1) is 12.5. The molecule has 0 aliphatic rings. The van der Waals surface area contributed by atoms with E-state index in [1.807, 2.05) is 0 Å². The minimum Gasteiger partial charge on any atom is -0.481 e. The number of nitro groups is 1. The summed E-state index contributed by atoms with van der Waals surface area (Å²) in [5.74, 6) is 4.19. The van der Waals surface area contributed by atoms with Crippen LogP contribution in [0.3, 0.4) is 0 Å². The molecule has 0 spiro atoms. The number of carbonyl (C=O) groups is 1. The van der Waals surface area contributed by atoms with Gasteiger partial charge in [0.25, 0.3) is 5.69 Å². The Hall–Kier alpha value is -2.94. The number of carboxylic acid groups (broad SMARTS) is 1. The van der Waals surface area contributed by atoms with Crippen LogP contribution in [0.1, 0.15) is 12.0 Å². The molecule has 19 heavy (non-hydrogen) atoms. The van der Waals surface area contributed by atoms with Gasteiger partial charge in [0, 0.05) is 29.4 Å². The summed E-state index contributed by atoms with van der Waals surface area (Å²) < 4.78 is 0. The highest BCUT2D eigenvalue weighted by atomic mass is 16.6. The predicted molar refractivity (Wildman–Crippen MR) is 67.5 cm³/mol. The van der Waals surface area contributed by atoms with E-state index >= 15 is 0 Å². The zero-order valence-electron chi connectivity index (χ0n) is 9.66. The monoisotopic (exact) mass is 256 g/mol. The summed E-state index contributed by atoms with van der Waals surface area (Å²) in [7, 11) is 0. The molecule has 0 radical (unpaired) electrons. The summed E-state index contributed by atoms with van der Waals surface area (Å²) >= 11 is 0. The van der Waals surface area contributed by atoms with Gasteiger partial charge in [-0.3, -0.25) is 19.9 Å². The van der Waals surface area contributed by atoms with Crippen LogP contribution in [0, 0.1) is 22.0 Å². The molecule has 1 aromatic carbocycles. The van der Waals surface area contributed by atoms with Crippen molar-refractivity contribution in [2.24, 2.45) is 0 Å². The lowest BCUT2D eigenvalue weighted by molar-refractivity contribution is -0.383. The van der Waals surface area contributed by atoms with Gasteiger partial charge in [-0.2, -0.15) is 0 Å².